The van der Waals surface area contributed by atoms with Gasteiger partial charge >= 0.3 is 6.18 Å². The molecule has 1 N–H and O–H groups in total. The lowest BCUT2D eigenvalue weighted by atomic mass is 10.2. The van der Waals surface area contributed by atoms with E-state index in [2.05, 4.69) is 20.2 Å². The van der Waals surface area contributed by atoms with Gasteiger partial charge in [-0.2, -0.15) is 23.3 Å². The lowest BCUT2D eigenvalue weighted by Gasteiger charge is -2.07. The van der Waals surface area contributed by atoms with Gasteiger partial charge in [0.1, 0.15) is 6.04 Å². The predicted molar refractivity (Wildman–Crippen MR) is 76.1 cm³/mol. The van der Waals surface area contributed by atoms with Crippen molar-refractivity contribution in [3.05, 3.63) is 52.0 Å². The van der Waals surface area contributed by atoms with E-state index in [1.165, 1.54) is 6.20 Å². The summed E-state index contributed by atoms with van der Waals surface area (Å²) in [6.45, 7) is 3.29. The minimum atomic E-state index is -4.53. The highest BCUT2D eigenvalue weighted by Gasteiger charge is 2.34. The zero-order valence-corrected chi connectivity index (χ0v) is 12.6. The first-order valence-corrected chi connectivity index (χ1v) is 6.92. The Balaban J connectivity index is 1.90. The summed E-state index contributed by atoms with van der Waals surface area (Å²) in [5, 5.41) is 7.17. The molecule has 0 saturated heterocycles. The molecule has 10 heteroatoms. The number of nitrogens with zero attached hydrogens (tertiary/aromatic N) is 4. The van der Waals surface area contributed by atoms with Crippen LogP contribution in [0.1, 0.15) is 30.2 Å². The van der Waals surface area contributed by atoms with E-state index in [-0.39, 0.29) is 22.8 Å². The van der Waals surface area contributed by atoms with Crippen molar-refractivity contribution in [1.29, 1.82) is 0 Å². The maximum atomic E-state index is 12.6. The lowest BCUT2D eigenvalue weighted by Crippen LogP contribution is -2.12. The number of alkyl halides is 3. The SMILES string of the molecule is Cc1ccc(-c2noc(C(C)n3ccc(C(F)(F)F)n3)n2)c(=O)[nH]1. The lowest BCUT2D eigenvalue weighted by molar-refractivity contribution is -0.141. The van der Waals surface area contributed by atoms with E-state index in [1.807, 2.05) is 0 Å². The van der Waals surface area contributed by atoms with Crippen LogP contribution in [0.3, 0.4) is 0 Å². The van der Waals surface area contributed by atoms with Gasteiger partial charge in [0.2, 0.25) is 5.82 Å². The van der Waals surface area contributed by atoms with Crippen molar-refractivity contribution < 1.29 is 17.7 Å². The topological polar surface area (TPSA) is 89.6 Å². The summed E-state index contributed by atoms with van der Waals surface area (Å²) >= 11 is 0. The van der Waals surface area contributed by atoms with Crippen molar-refractivity contribution >= 4 is 0 Å². The second-order valence-corrected chi connectivity index (χ2v) is 5.20. The van der Waals surface area contributed by atoms with Crippen molar-refractivity contribution in [3.63, 3.8) is 0 Å². The highest BCUT2D eigenvalue weighted by Crippen LogP contribution is 2.28. The number of H-pyrrole nitrogens is 1. The standard InChI is InChI=1S/C14H12F3N5O2/c1-7-3-4-9(12(23)18-7)11-19-13(24-21-11)8(2)22-6-5-10(20-22)14(15,16)17/h3-6,8H,1-2H3,(H,18,23). The van der Waals surface area contributed by atoms with Gasteiger partial charge in [-0.05, 0) is 32.0 Å². The molecule has 24 heavy (non-hydrogen) atoms. The van der Waals surface area contributed by atoms with Crippen LogP contribution in [0.25, 0.3) is 11.4 Å². The Morgan fingerprint density at radius 1 is 1.29 bits per heavy atom. The largest absolute Gasteiger partial charge is 0.435 e. The van der Waals surface area contributed by atoms with Crippen molar-refractivity contribution in [1.82, 2.24) is 24.9 Å². The summed E-state index contributed by atoms with van der Waals surface area (Å²) in [6, 6.07) is 3.37. The molecule has 3 rings (SSSR count). The van der Waals surface area contributed by atoms with E-state index in [4.69, 9.17) is 4.52 Å². The molecule has 1 unspecified atom stereocenters. The van der Waals surface area contributed by atoms with Crippen LogP contribution in [-0.4, -0.2) is 24.9 Å². The van der Waals surface area contributed by atoms with Crippen molar-refractivity contribution in [3.8, 4) is 11.4 Å². The number of hydrogen-bond donors (Lipinski definition) is 1. The number of halogens is 3. The van der Waals surface area contributed by atoms with Crippen LogP contribution in [0.2, 0.25) is 0 Å². The molecule has 0 spiro atoms. The molecule has 0 radical (unpaired) electrons. The molecule has 3 aromatic heterocycles. The second kappa shape index (κ2) is 5.62. The van der Waals surface area contributed by atoms with Gasteiger partial charge in [-0.1, -0.05) is 5.16 Å². The summed E-state index contributed by atoms with van der Waals surface area (Å²) in [5.74, 6) is 0.100. The number of rotatable bonds is 3. The van der Waals surface area contributed by atoms with E-state index in [1.54, 1.807) is 26.0 Å². The average Bonchev–Trinajstić information content (AvgIpc) is 3.15. The van der Waals surface area contributed by atoms with Gasteiger partial charge in [-0.25, -0.2) is 0 Å². The van der Waals surface area contributed by atoms with Crippen LogP contribution in [-0.2, 0) is 6.18 Å². The van der Waals surface area contributed by atoms with E-state index in [0.717, 1.165) is 10.7 Å². The van der Waals surface area contributed by atoms with Gasteiger partial charge in [0.05, 0.1) is 5.56 Å². The maximum absolute atomic E-state index is 12.6. The molecule has 0 aliphatic carbocycles. The fourth-order valence-corrected chi connectivity index (χ4v) is 2.08. The third-order valence-corrected chi connectivity index (χ3v) is 3.39. The van der Waals surface area contributed by atoms with Crippen LogP contribution >= 0.6 is 0 Å². The Morgan fingerprint density at radius 3 is 2.67 bits per heavy atom. The average molecular weight is 339 g/mol. The Labute approximate surface area is 133 Å². The Bertz CT molecular complexity index is 925. The van der Waals surface area contributed by atoms with Crippen LogP contribution in [0.15, 0.2) is 33.7 Å². The van der Waals surface area contributed by atoms with E-state index in [9.17, 15) is 18.0 Å². The quantitative estimate of drug-likeness (QED) is 0.792. The van der Waals surface area contributed by atoms with Crippen LogP contribution in [0.5, 0.6) is 0 Å². The van der Waals surface area contributed by atoms with E-state index < -0.39 is 17.9 Å². The minimum Gasteiger partial charge on any atom is -0.337 e. The molecular formula is C14H12F3N5O2. The summed E-state index contributed by atoms with van der Waals surface area (Å²) in [6.07, 6.45) is -3.35. The Hall–Kier alpha value is -2.91. The van der Waals surface area contributed by atoms with Gasteiger partial charge in [0.25, 0.3) is 11.4 Å². The van der Waals surface area contributed by atoms with Gasteiger partial charge in [0.15, 0.2) is 5.69 Å². The highest BCUT2D eigenvalue weighted by atomic mass is 19.4. The minimum absolute atomic E-state index is 0.0433. The summed E-state index contributed by atoms with van der Waals surface area (Å²) < 4.78 is 43.9. The zero-order chi connectivity index (χ0) is 17.5. The summed E-state index contributed by atoms with van der Waals surface area (Å²) in [7, 11) is 0. The van der Waals surface area contributed by atoms with Crippen molar-refractivity contribution in [2.45, 2.75) is 26.1 Å². The van der Waals surface area contributed by atoms with Crippen molar-refractivity contribution in [2.24, 2.45) is 0 Å². The number of aryl methyl sites for hydroxylation is 1. The Morgan fingerprint density at radius 2 is 2.04 bits per heavy atom. The fraction of sp³-hybridized carbons (Fsp3) is 0.286. The molecular weight excluding hydrogens is 327 g/mol. The molecule has 0 aliphatic heterocycles. The number of aromatic amines is 1. The predicted octanol–water partition coefficient (Wildman–Crippen LogP) is 2.56. The summed E-state index contributed by atoms with van der Waals surface area (Å²) in [4.78, 5) is 18.6. The third kappa shape index (κ3) is 2.94. The number of pyridine rings is 1. The molecule has 0 amide bonds. The second-order valence-electron chi connectivity index (χ2n) is 5.20. The molecule has 3 aromatic rings. The number of aromatic nitrogens is 5. The van der Waals surface area contributed by atoms with Crippen LogP contribution < -0.4 is 5.56 Å². The van der Waals surface area contributed by atoms with Crippen LogP contribution in [0.4, 0.5) is 13.2 Å². The van der Waals surface area contributed by atoms with Gasteiger partial charge in [0, 0.05) is 11.9 Å². The monoisotopic (exact) mass is 339 g/mol. The fourth-order valence-electron chi connectivity index (χ4n) is 2.08. The zero-order valence-electron chi connectivity index (χ0n) is 12.6. The van der Waals surface area contributed by atoms with E-state index >= 15 is 0 Å². The molecule has 3 heterocycles. The molecule has 0 fully saturated rings. The first-order valence-electron chi connectivity index (χ1n) is 6.92. The number of hydrogen-bond acceptors (Lipinski definition) is 5. The molecule has 1 atom stereocenters. The van der Waals surface area contributed by atoms with Gasteiger partial charge in [-0.3, -0.25) is 9.48 Å². The molecule has 0 bridgehead atoms. The molecule has 0 aliphatic rings. The smallest absolute Gasteiger partial charge is 0.337 e. The first-order chi connectivity index (χ1) is 11.3. The normalized spacial score (nSPS) is 13.2. The number of nitrogens with one attached hydrogen (secondary N) is 1. The highest BCUT2D eigenvalue weighted by molar-refractivity contribution is 5.52. The first kappa shape index (κ1) is 16.0. The third-order valence-electron chi connectivity index (χ3n) is 3.39. The van der Waals surface area contributed by atoms with Gasteiger partial charge in [-0.15, -0.1) is 0 Å². The Kier molecular flexibility index (Phi) is 3.74. The molecule has 126 valence electrons. The van der Waals surface area contributed by atoms with Gasteiger partial charge < -0.3 is 9.51 Å². The maximum Gasteiger partial charge on any atom is 0.435 e. The molecule has 0 saturated carbocycles. The molecule has 0 aromatic carbocycles. The van der Waals surface area contributed by atoms with Crippen LogP contribution in [0, 0.1) is 6.92 Å². The van der Waals surface area contributed by atoms with E-state index in [0.29, 0.717) is 5.69 Å². The summed E-state index contributed by atoms with van der Waals surface area (Å²) in [5.41, 5.74) is -0.506. The van der Waals surface area contributed by atoms with Crippen molar-refractivity contribution in [2.75, 3.05) is 0 Å². The molecule has 7 nitrogen and oxygen atoms in total.